The smallest absolute Gasteiger partial charge is 0.463 e. The lowest BCUT2D eigenvalue weighted by Gasteiger charge is -2.15. The Morgan fingerprint density at radius 2 is 1.86 bits per heavy atom. The monoisotopic (exact) mass is 341 g/mol. The Hall–Kier alpha value is -0.500. The number of esters is 1. The molecule has 0 fully saturated rings. The number of aliphatic hydroxyl groups excluding tert-OH is 1. The van der Waals surface area contributed by atoms with Gasteiger partial charge in [0.05, 0.1) is 13.2 Å². The minimum Gasteiger partial charge on any atom is -0.463 e. The average molecular weight is 341 g/mol. The molecule has 0 spiro atoms. The van der Waals surface area contributed by atoms with E-state index in [1.807, 2.05) is 0 Å². The summed E-state index contributed by atoms with van der Waals surface area (Å²) >= 11 is 0. The first-order valence-corrected chi connectivity index (χ1v) is 9.06. The Morgan fingerprint density at radius 1 is 1.18 bits per heavy atom. The zero-order valence-corrected chi connectivity index (χ0v) is 14.0. The largest absolute Gasteiger partial charge is 0.472 e. The van der Waals surface area contributed by atoms with Crippen LogP contribution in [0.1, 0.15) is 45.4 Å². The molecule has 0 aliphatic rings. The van der Waals surface area contributed by atoms with E-state index in [2.05, 4.69) is 16.0 Å². The molecule has 0 saturated carbocycles. The second kappa shape index (κ2) is 13.0. The van der Waals surface area contributed by atoms with E-state index < -0.39 is 26.5 Å². The Kier molecular flexibility index (Phi) is 12.7. The molecule has 0 aliphatic heterocycles. The van der Waals surface area contributed by atoms with Gasteiger partial charge in [-0.3, -0.25) is 13.8 Å². The minimum absolute atomic E-state index is 0.0757. The minimum atomic E-state index is -4.22. The fraction of sp³-hybridized carbons (Fsp3) is 0.923. The van der Waals surface area contributed by atoms with Gasteiger partial charge in [-0.2, -0.15) is 0 Å². The van der Waals surface area contributed by atoms with E-state index in [9.17, 15) is 19.4 Å². The van der Waals surface area contributed by atoms with Gasteiger partial charge < -0.3 is 20.5 Å². The van der Waals surface area contributed by atoms with Crippen LogP contribution in [0.5, 0.6) is 0 Å². The lowest BCUT2D eigenvalue weighted by molar-refractivity contribution is -0.147. The topological polar surface area (TPSA) is 128 Å². The summed E-state index contributed by atoms with van der Waals surface area (Å²) in [6.07, 6.45) is 4.22. The van der Waals surface area contributed by atoms with Gasteiger partial charge in [0.15, 0.2) is 0 Å². The predicted molar refractivity (Wildman–Crippen MR) is 81.1 cm³/mol. The molecule has 0 bridgehead atoms. The molecule has 2 atom stereocenters. The number of phosphoric ester groups is 1. The average Bonchev–Trinajstić information content (AvgIpc) is 2.49. The van der Waals surface area contributed by atoms with Crippen molar-refractivity contribution >= 4 is 13.8 Å². The molecular weight excluding hydrogens is 313 g/mol. The van der Waals surface area contributed by atoms with Crippen LogP contribution in [0.2, 0.25) is 0 Å². The summed E-state index contributed by atoms with van der Waals surface area (Å²) in [5.74, 6) is -0.401. The predicted octanol–water partition coefficient (Wildman–Crippen LogP) is 1.34. The van der Waals surface area contributed by atoms with Gasteiger partial charge in [0.25, 0.3) is 0 Å². The zero-order valence-electron chi connectivity index (χ0n) is 13.1. The van der Waals surface area contributed by atoms with E-state index in [0.29, 0.717) is 6.42 Å². The quantitative estimate of drug-likeness (QED) is 0.245. The molecule has 4 N–H and O–H groups in total. The molecular formula is C13H28NO7P. The van der Waals surface area contributed by atoms with Crippen LogP contribution in [0.15, 0.2) is 0 Å². The highest BCUT2D eigenvalue weighted by Crippen LogP contribution is 2.42. The lowest BCUT2D eigenvalue weighted by Crippen LogP contribution is -2.23. The normalized spacial score (nSPS) is 15.3. The summed E-state index contributed by atoms with van der Waals surface area (Å²) in [6.45, 7) is 1.31. The highest BCUT2D eigenvalue weighted by atomic mass is 31.2. The van der Waals surface area contributed by atoms with E-state index in [0.717, 1.165) is 32.1 Å². The number of hydrogen-bond acceptors (Lipinski definition) is 7. The number of unbranched alkanes of at least 4 members (excludes halogenated alkanes) is 4. The number of aliphatic hydroxyl groups is 1. The van der Waals surface area contributed by atoms with Gasteiger partial charge in [0.2, 0.25) is 0 Å². The van der Waals surface area contributed by atoms with Gasteiger partial charge in [-0.1, -0.05) is 32.6 Å². The number of carbonyl (C=O) groups is 1. The Morgan fingerprint density at radius 3 is 2.50 bits per heavy atom. The van der Waals surface area contributed by atoms with Crippen molar-refractivity contribution in [2.45, 2.75) is 51.6 Å². The second-order valence-corrected chi connectivity index (χ2v) is 6.34. The molecule has 9 heteroatoms. The number of hydrogen-bond donors (Lipinski definition) is 3. The van der Waals surface area contributed by atoms with Gasteiger partial charge in [-0.25, -0.2) is 4.57 Å². The SMILES string of the molecule is CCCCCCCC(=O)OC[C@@H](O)COP(=O)(O)OCCN. The van der Waals surface area contributed by atoms with Crippen LogP contribution in [0, 0.1) is 0 Å². The number of nitrogens with two attached hydrogens (primary N) is 1. The third kappa shape index (κ3) is 13.2. The number of rotatable bonds is 14. The van der Waals surface area contributed by atoms with Crippen molar-refractivity contribution in [3.8, 4) is 0 Å². The summed E-state index contributed by atoms with van der Waals surface area (Å²) in [4.78, 5) is 20.6. The first kappa shape index (κ1) is 21.5. The summed E-state index contributed by atoms with van der Waals surface area (Å²) in [5, 5.41) is 9.51. The Labute approximate surface area is 131 Å². The molecule has 0 aliphatic carbocycles. The van der Waals surface area contributed by atoms with Gasteiger partial charge >= 0.3 is 13.8 Å². The van der Waals surface area contributed by atoms with Crippen molar-refractivity contribution in [1.82, 2.24) is 0 Å². The fourth-order valence-corrected chi connectivity index (χ4v) is 2.34. The first-order chi connectivity index (χ1) is 10.4. The van der Waals surface area contributed by atoms with Crippen LogP contribution in [0.25, 0.3) is 0 Å². The molecule has 0 aromatic rings. The van der Waals surface area contributed by atoms with Gasteiger partial charge in [0.1, 0.15) is 12.7 Å². The summed E-state index contributed by atoms with van der Waals surface area (Å²) in [5.41, 5.74) is 5.12. The molecule has 22 heavy (non-hydrogen) atoms. The van der Waals surface area contributed by atoms with Crippen LogP contribution in [0.3, 0.4) is 0 Å². The molecule has 0 rings (SSSR count). The van der Waals surface area contributed by atoms with Gasteiger partial charge in [0, 0.05) is 13.0 Å². The van der Waals surface area contributed by atoms with E-state index in [1.54, 1.807) is 0 Å². The maximum Gasteiger partial charge on any atom is 0.472 e. The third-order valence-electron chi connectivity index (χ3n) is 2.72. The molecule has 0 heterocycles. The fourth-order valence-electron chi connectivity index (χ4n) is 1.57. The first-order valence-electron chi connectivity index (χ1n) is 7.57. The van der Waals surface area contributed by atoms with Crippen LogP contribution in [-0.4, -0.2) is 48.4 Å². The molecule has 8 nitrogen and oxygen atoms in total. The van der Waals surface area contributed by atoms with Crippen LogP contribution >= 0.6 is 7.82 Å². The van der Waals surface area contributed by atoms with E-state index in [-0.39, 0.29) is 19.8 Å². The van der Waals surface area contributed by atoms with Crippen molar-refractivity contribution in [3.63, 3.8) is 0 Å². The number of phosphoric acid groups is 1. The lowest BCUT2D eigenvalue weighted by atomic mass is 10.1. The molecule has 0 amide bonds. The molecule has 0 aromatic heterocycles. The highest BCUT2D eigenvalue weighted by molar-refractivity contribution is 7.47. The van der Waals surface area contributed by atoms with Crippen LogP contribution < -0.4 is 5.73 Å². The van der Waals surface area contributed by atoms with Crippen molar-refractivity contribution in [2.75, 3.05) is 26.4 Å². The van der Waals surface area contributed by atoms with Crippen molar-refractivity contribution in [1.29, 1.82) is 0 Å². The molecule has 0 saturated heterocycles. The van der Waals surface area contributed by atoms with E-state index in [1.165, 1.54) is 0 Å². The number of carbonyl (C=O) groups excluding carboxylic acids is 1. The summed E-state index contributed by atoms with van der Waals surface area (Å²) < 4.78 is 25.2. The Balaban J connectivity index is 3.69. The molecule has 132 valence electrons. The number of ether oxygens (including phenoxy) is 1. The van der Waals surface area contributed by atoms with Crippen molar-refractivity contribution < 1.29 is 33.1 Å². The molecule has 0 radical (unpaired) electrons. The van der Waals surface area contributed by atoms with Crippen LogP contribution in [-0.2, 0) is 23.1 Å². The zero-order chi connectivity index (χ0) is 16.8. The molecule has 1 unspecified atom stereocenters. The maximum absolute atomic E-state index is 11.4. The Bertz CT molecular complexity index is 340. The molecule has 0 aromatic carbocycles. The second-order valence-electron chi connectivity index (χ2n) is 4.89. The van der Waals surface area contributed by atoms with E-state index in [4.69, 9.17) is 10.5 Å². The third-order valence-corrected chi connectivity index (χ3v) is 3.71. The summed E-state index contributed by atoms with van der Waals surface area (Å²) in [6, 6.07) is 0. The highest BCUT2D eigenvalue weighted by Gasteiger charge is 2.22. The maximum atomic E-state index is 11.4. The van der Waals surface area contributed by atoms with Crippen LogP contribution in [0.4, 0.5) is 0 Å². The van der Waals surface area contributed by atoms with E-state index >= 15 is 0 Å². The van der Waals surface area contributed by atoms with Crippen molar-refractivity contribution in [3.05, 3.63) is 0 Å². The standard InChI is InChI=1S/C13H28NO7P/c1-2-3-4-5-6-7-13(16)19-10-12(15)11-21-22(17,18)20-9-8-14/h12,15H,2-11,14H2,1H3,(H,17,18)/t12-/m1/s1. The van der Waals surface area contributed by atoms with Crippen molar-refractivity contribution in [2.24, 2.45) is 5.73 Å². The summed E-state index contributed by atoms with van der Waals surface area (Å²) in [7, 11) is -4.22. The van der Waals surface area contributed by atoms with Gasteiger partial charge in [-0.05, 0) is 6.42 Å². The van der Waals surface area contributed by atoms with Gasteiger partial charge in [-0.15, -0.1) is 0 Å².